The molecule has 1 amide bonds. The van der Waals surface area contributed by atoms with Gasteiger partial charge in [-0.2, -0.15) is 0 Å². The molecular weight excluding hydrogens is 486 g/mol. The molecule has 0 aromatic rings. The van der Waals surface area contributed by atoms with Crippen LogP contribution in [0.4, 0.5) is 0 Å². The zero-order valence-corrected chi connectivity index (χ0v) is 23.2. The summed E-state index contributed by atoms with van der Waals surface area (Å²) < 4.78 is 11.2. The molecule has 5 rings (SSSR count). The zero-order valence-electron chi connectivity index (χ0n) is 23.2. The topological polar surface area (TPSA) is 119 Å². The zero-order chi connectivity index (χ0) is 27.5. The highest BCUT2D eigenvalue weighted by Crippen LogP contribution is 2.68. The number of rotatable bonds is 6. The molecule has 210 valence electrons. The van der Waals surface area contributed by atoms with Crippen LogP contribution in [0.3, 0.4) is 0 Å². The number of ether oxygens (including phenoxy) is 2. The van der Waals surface area contributed by atoms with E-state index in [0.29, 0.717) is 36.2 Å². The summed E-state index contributed by atoms with van der Waals surface area (Å²) in [6.45, 7) is 8.09. The van der Waals surface area contributed by atoms with E-state index in [1.807, 2.05) is 0 Å². The highest BCUT2D eigenvalue weighted by molar-refractivity contribution is 5.90. The van der Waals surface area contributed by atoms with E-state index < -0.39 is 29.8 Å². The Balaban J connectivity index is 1.26. The van der Waals surface area contributed by atoms with Gasteiger partial charge >= 0.3 is 17.9 Å². The van der Waals surface area contributed by atoms with E-state index in [-0.39, 0.29) is 22.9 Å². The number of amides is 1. The molecule has 4 saturated carbocycles. The molecule has 1 aliphatic heterocycles. The predicted molar refractivity (Wildman–Crippen MR) is 139 cm³/mol. The molecule has 0 unspecified atom stereocenters. The SMILES string of the molecule is CC(=O)N[C@@](C)(CC(=O)O)C(=O)O[C@H]1CC[C@@]2(C)[C@H](CC[C@@H]3[C@@H]2CC[C@]2(C)[C@@H](C4=CC(=O)OC4)CC[C@@H]32)C1. The fourth-order valence-electron chi connectivity index (χ4n) is 9.67. The van der Waals surface area contributed by atoms with Gasteiger partial charge in [-0.1, -0.05) is 13.8 Å². The van der Waals surface area contributed by atoms with E-state index in [1.54, 1.807) is 6.08 Å². The summed E-state index contributed by atoms with van der Waals surface area (Å²) in [7, 11) is 0. The normalized spacial score (nSPS) is 41.5. The van der Waals surface area contributed by atoms with Gasteiger partial charge in [-0.3, -0.25) is 9.59 Å². The maximum Gasteiger partial charge on any atom is 0.332 e. The van der Waals surface area contributed by atoms with E-state index in [2.05, 4.69) is 19.2 Å². The van der Waals surface area contributed by atoms with Gasteiger partial charge in [0.05, 0.1) is 6.42 Å². The minimum Gasteiger partial charge on any atom is -0.481 e. The van der Waals surface area contributed by atoms with Crippen molar-refractivity contribution in [3.63, 3.8) is 0 Å². The minimum atomic E-state index is -1.58. The van der Waals surface area contributed by atoms with Crippen LogP contribution in [0.1, 0.15) is 91.9 Å². The van der Waals surface area contributed by atoms with Crippen LogP contribution in [0.25, 0.3) is 0 Å². The lowest BCUT2D eigenvalue weighted by atomic mass is 9.44. The molecule has 0 bridgehead atoms. The monoisotopic (exact) mass is 529 g/mol. The van der Waals surface area contributed by atoms with Gasteiger partial charge in [0.1, 0.15) is 18.2 Å². The third-order valence-electron chi connectivity index (χ3n) is 11.4. The number of hydrogen-bond acceptors (Lipinski definition) is 6. The number of carbonyl (C=O) groups is 4. The van der Waals surface area contributed by atoms with Crippen LogP contribution in [0.5, 0.6) is 0 Å². The number of cyclic esters (lactones) is 1. The molecule has 0 aromatic heterocycles. The molecule has 8 nitrogen and oxygen atoms in total. The molecule has 0 saturated heterocycles. The number of carbonyl (C=O) groups excluding carboxylic acids is 3. The molecule has 8 heteroatoms. The Bertz CT molecular complexity index is 1040. The minimum absolute atomic E-state index is 0.188. The molecule has 9 atom stereocenters. The predicted octanol–water partition coefficient (Wildman–Crippen LogP) is 4.41. The Kier molecular flexibility index (Phi) is 6.92. The van der Waals surface area contributed by atoms with Crippen LogP contribution in [0.15, 0.2) is 11.6 Å². The summed E-state index contributed by atoms with van der Waals surface area (Å²) in [6, 6.07) is 0. The van der Waals surface area contributed by atoms with Gasteiger partial charge in [-0.25, -0.2) is 9.59 Å². The van der Waals surface area contributed by atoms with Gasteiger partial charge in [0.25, 0.3) is 0 Å². The number of hydrogen-bond donors (Lipinski definition) is 2. The van der Waals surface area contributed by atoms with Crippen molar-refractivity contribution in [3.8, 4) is 0 Å². The lowest BCUT2D eigenvalue weighted by Crippen LogP contribution is -2.56. The standard InChI is InChI=1S/C30H43NO7/c1-17(32)31-30(4,15-25(33)34)27(36)38-20-9-11-28(2)19(14-20)5-6-21-23-8-7-22(18-13-26(35)37-16-18)29(23,3)12-10-24(21)28/h13,19-24H,5-12,14-16H2,1-4H3,(H,31,32)(H,33,34)/t19-,20+,21+,22-,23+,24+,28+,29-,30+/m1/s1. The first-order valence-electron chi connectivity index (χ1n) is 14.4. The fraction of sp³-hybridized carbons (Fsp3) is 0.800. The maximum absolute atomic E-state index is 13.1. The first-order chi connectivity index (χ1) is 17.9. The van der Waals surface area contributed by atoms with Gasteiger partial charge in [0, 0.05) is 13.0 Å². The number of fused-ring (bicyclic) bond motifs is 5. The van der Waals surface area contributed by atoms with Gasteiger partial charge in [-0.05, 0) is 111 Å². The molecule has 1 heterocycles. The highest BCUT2D eigenvalue weighted by Gasteiger charge is 2.61. The number of aliphatic carboxylic acids is 1. The lowest BCUT2D eigenvalue weighted by molar-refractivity contribution is -0.171. The molecule has 0 aromatic carbocycles. The quantitative estimate of drug-likeness (QED) is 0.489. The van der Waals surface area contributed by atoms with Crippen molar-refractivity contribution < 1.29 is 33.8 Å². The average molecular weight is 530 g/mol. The summed E-state index contributed by atoms with van der Waals surface area (Å²) in [5.74, 6) is 0.467. The Morgan fingerprint density at radius 2 is 1.79 bits per heavy atom. The van der Waals surface area contributed by atoms with Gasteiger partial charge in [0.15, 0.2) is 0 Å². The van der Waals surface area contributed by atoms with Gasteiger partial charge < -0.3 is 19.9 Å². The van der Waals surface area contributed by atoms with E-state index in [0.717, 1.165) is 32.1 Å². The van der Waals surface area contributed by atoms with E-state index in [9.17, 15) is 24.3 Å². The first-order valence-corrected chi connectivity index (χ1v) is 14.4. The Hall–Kier alpha value is -2.38. The van der Waals surface area contributed by atoms with Crippen LogP contribution in [0.2, 0.25) is 0 Å². The second kappa shape index (κ2) is 9.67. The molecular formula is C30H43NO7. The number of nitrogens with one attached hydrogen (secondary N) is 1. The van der Waals surface area contributed by atoms with Crippen molar-refractivity contribution >= 4 is 23.8 Å². The van der Waals surface area contributed by atoms with E-state index >= 15 is 0 Å². The van der Waals surface area contributed by atoms with Crippen LogP contribution < -0.4 is 5.32 Å². The average Bonchev–Trinajstić information content (AvgIpc) is 3.40. The Morgan fingerprint density at radius 1 is 1.08 bits per heavy atom. The molecule has 4 aliphatic carbocycles. The van der Waals surface area contributed by atoms with Crippen molar-refractivity contribution in [2.75, 3.05) is 6.61 Å². The van der Waals surface area contributed by atoms with Crippen molar-refractivity contribution in [3.05, 3.63) is 11.6 Å². The van der Waals surface area contributed by atoms with Crippen LogP contribution in [0, 0.1) is 40.4 Å². The number of carboxylic acid groups (broad SMARTS) is 1. The first kappa shape index (κ1) is 27.2. The summed E-state index contributed by atoms with van der Waals surface area (Å²) in [6.07, 6.45) is 10.6. The summed E-state index contributed by atoms with van der Waals surface area (Å²) in [5.41, 5.74) is 0.0661. The molecule has 38 heavy (non-hydrogen) atoms. The highest BCUT2D eigenvalue weighted by atomic mass is 16.5. The Morgan fingerprint density at radius 3 is 2.45 bits per heavy atom. The smallest absolute Gasteiger partial charge is 0.332 e. The second-order valence-electron chi connectivity index (χ2n) is 13.5. The Labute approximate surface area is 225 Å². The summed E-state index contributed by atoms with van der Waals surface area (Å²) >= 11 is 0. The summed E-state index contributed by atoms with van der Waals surface area (Å²) in [4.78, 5) is 47.9. The third-order valence-corrected chi connectivity index (χ3v) is 11.4. The largest absolute Gasteiger partial charge is 0.481 e. The van der Waals surface area contributed by atoms with Crippen LogP contribution in [-0.2, 0) is 28.7 Å². The van der Waals surface area contributed by atoms with Crippen LogP contribution >= 0.6 is 0 Å². The number of carboxylic acids is 1. The van der Waals surface area contributed by atoms with Crippen molar-refractivity contribution in [2.24, 2.45) is 40.4 Å². The van der Waals surface area contributed by atoms with Crippen molar-refractivity contribution in [2.45, 2.75) is 104 Å². The van der Waals surface area contributed by atoms with E-state index in [1.165, 1.54) is 45.1 Å². The van der Waals surface area contributed by atoms with Crippen molar-refractivity contribution in [1.82, 2.24) is 5.32 Å². The third kappa shape index (κ3) is 4.56. The maximum atomic E-state index is 13.1. The molecule has 0 radical (unpaired) electrons. The molecule has 5 aliphatic rings. The molecule has 0 spiro atoms. The van der Waals surface area contributed by atoms with Gasteiger partial charge in [0.2, 0.25) is 5.91 Å². The van der Waals surface area contributed by atoms with Gasteiger partial charge in [-0.15, -0.1) is 0 Å². The fourth-order valence-corrected chi connectivity index (χ4v) is 9.67. The lowest BCUT2D eigenvalue weighted by Gasteiger charge is -2.61. The summed E-state index contributed by atoms with van der Waals surface area (Å²) in [5, 5.41) is 11.8. The van der Waals surface area contributed by atoms with E-state index in [4.69, 9.17) is 9.47 Å². The second-order valence-corrected chi connectivity index (χ2v) is 13.5. The molecule has 2 N–H and O–H groups in total. The molecule has 4 fully saturated rings. The van der Waals surface area contributed by atoms with Crippen LogP contribution in [-0.4, -0.2) is 47.2 Å². The van der Waals surface area contributed by atoms with Crippen molar-refractivity contribution in [1.29, 1.82) is 0 Å². The number of esters is 2.